The Balaban J connectivity index is 1.93. The van der Waals surface area contributed by atoms with E-state index in [-0.39, 0.29) is 12.5 Å². The van der Waals surface area contributed by atoms with Crippen LogP contribution in [0.15, 0.2) is 24.3 Å². The number of rotatable bonds is 4. The molecule has 2 rings (SSSR count). The Morgan fingerprint density at radius 2 is 1.57 bits per heavy atom. The maximum absolute atomic E-state index is 12.1. The summed E-state index contributed by atoms with van der Waals surface area (Å²) in [6.45, 7) is 0.267. The summed E-state index contributed by atoms with van der Waals surface area (Å²) in [6, 6.07) is 6.17. The Bertz CT molecular complexity index is 503. The number of hydrogen-bond acceptors (Lipinski definition) is 3. The SMILES string of the molecule is NC(=O)c1ccc(C(=O)NCC2(O)CCCCCC2)cc1. The van der Waals surface area contributed by atoms with Crippen LogP contribution in [0.3, 0.4) is 0 Å². The second-order valence-corrected chi connectivity index (χ2v) is 5.76. The van der Waals surface area contributed by atoms with E-state index in [1.807, 2.05) is 0 Å². The van der Waals surface area contributed by atoms with Gasteiger partial charge < -0.3 is 16.2 Å². The highest BCUT2D eigenvalue weighted by Crippen LogP contribution is 2.26. The van der Waals surface area contributed by atoms with Gasteiger partial charge in [0, 0.05) is 17.7 Å². The van der Waals surface area contributed by atoms with Crippen molar-refractivity contribution in [1.29, 1.82) is 0 Å². The van der Waals surface area contributed by atoms with Gasteiger partial charge in [0.1, 0.15) is 0 Å². The molecule has 1 aliphatic rings. The van der Waals surface area contributed by atoms with E-state index >= 15 is 0 Å². The lowest BCUT2D eigenvalue weighted by molar-refractivity contribution is 0.0246. The average molecular weight is 290 g/mol. The molecule has 5 heteroatoms. The molecule has 21 heavy (non-hydrogen) atoms. The predicted octanol–water partition coefficient (Wildman–Crippen LogP) is 1.60. The highest BCUT2D eigenvalue weighted by atomic mass is 16.3. The third-order valence-corrected chi connectivity index (χ3v) is 4.04. The third kappa shape index (κ3) is 4.29. The molecule has 0 bridgehead atoms. The first-order valence-corrected chi connectivity index (χ1v) is 7.41. The van der Waals surface area contributed by atoms with E-state index in [4.69, 9.17) is 5.73 Å². The van der Waals surface area contributed by atoms with Crippen LogP contribution in [0, 0.1) is 0 Å². The van der Waals surface area contributed by atoms with Gasteiger partial charge in [0.05, 0.1) is 5.60 Å². The first kappa shape index (κ1) is 15.5. The number of carbonyl (C=O) groups excluding carboxylic acids is 2. The van der Waals surface area contributed by atoms with E-state index in [2.05, 4.69) is 5.32 Å². The number of carbonyl (C=O) groups is 2. The molecule has 0 atom stereocenters. The molecule has 1 aliphatic carbocycles. The largest absolute Gasteiger partial charge is 0.388 e. The van der Waals surface area contributed by atoms with E-state index in [0.29, 0.717) is 11.1 Å². The van der Waals surface area contributed by atoms with Gasteiger partial charge >= 0.3 is 0 Å². The topological polar surface area (TPSA) is 92.4 Å². The van der Waals surface area contributed by atoms with Crippen LogP contribution in [-0.2, 0) is 0 Å². The van der Waals surface area contributed by atoms with Crippen LogP contribution in [0.2, 0.25) is 0 Å². The van der Waals surface area contributed by atoms with Crippen molar-refractivity contribution in [2.45, 2.75) is 44.1 Å². The fraction of sp³-hybridized carbons (Fsp3) is 0.500. The van der Waals surface area contributed by atoms with E-state index in [9.17, 15) is 14.7 Å². The van der Waals surface area contributed by atoms with Crippen molar-refractivity contribution < 1.29 is 14.7 Å². The van der Waals surface area contributed by atoms with Crippen molar-refractivity contribution in [3.8, 4) is 0 Å². The molecule has 2 amide bonds. The molecule has 114 valence electrons. The van der Waals surface area contributed by atoms with Crippen LogP contribution in [0.5, 0.6) is 0 Å². The van der Waals surface area contributed by atoms with Crippen molar-refractivity contribution in [3.05, 3.63) is 35.4 Å². The van der Waals surface area contributed by atoms with Crippen LogP contribution in [-0.4, -0.2) is 29.1 Å². The summed E-state index contributed by atoms with van der Waals surface area (Å²) < 4.78 is 0. The predicted molar refractivity (Wildman–Crippen MR) is 79.9 cm³/mol. The van der Waals surface area contributed by atoms with E-state index in [0.717, 1.165) is 38.5 Å². The van der Waals surface area contributed by atoms with Gasteiger partial charge in [-0.1, -0.05) is 25.7 Å². The Labute approximate surface area is 124 Å². The summed E-state index contributed by atoms with van der Waals surface area (Å²) in [5.74, 6) is -0.765. The fourth-order valence-corrected chi connectivity index (χ4v) is 2.70. The van der Waals surface area contributed by atoms with E-state index < -0.39 is 11.5 Å². The van der Waals surface area contributed by atoms with Gasteiger partial charge in [-0.05, 0) is 37.1 Å². The second kappa shape index (κ2) is 6.72. The van der Waals surface area contributed by atoms with Crippen LogP contribution in [0.4, 0.5) is 0 Å². The summed E-state index contributed by atoms with van der Waals surface area (Å²) in [6.07, 6.45) is 5.75. The number of aliphatic hydroxyl groups is 1. The number of benzene rings is 1. The molecule has 1 aromatic rings. The molecule has 0 heterocycles. The number of hydrogen-bond donors (Lipinski definition) is 3. The normalized spacial score (nSPS) is 17.8. The van der Waals surface area contributed by atoms with Gasteiger partial charge in [0.25, 0.3) is 5.91 Å². The molecule has 0 saturated heterocycles. The Hall–Kier alpha value is -1.88. The lowest BCUT2D eigenvalue weighted by atomic mass is 9.94. The fourth-order valence-electron chi connectivity index (χ4n) is 2.70. The minimum atomic E-state index is -0.792. The third-order valence-electron chi connectivity index (χ3n) is 4.04. The van der Waals surface area contributed by atoms with Crippen molar-refractivity contribution in [3.63, 3.8) is 0 Å². The Morgan fingerprint density at radius 1 is 1.05 bits per heavy atom. The zero-order valence-electron chi connectivity index (χ0n) is 12.1. The van der Waals surface area contributed by atoms with E-state index in [1.165, 1.54) is 12.1 Å². The van der Waals surface area contributed by atoms with Crippen molar-refractivity contribution in [2.75, 3.05) is 6.54 Å². The molecular formula is C16H22N2O3. The Morgan fingerprint density at radius 3 is 2.10 bits per heavy atom. The maximum Gasteiger partial charge on any atom is 0.251 e. The van der Waals surface area contributed by atoms with Crippen LogP contribution >= 0.6 is 0 Å². The standard InChI is InChI=1S/C16H22N2O3/c17-14(19)12-5-7-13(8-6-12)15(20)18-11-16(21)9-3-1-2-4-10-16/h5-8,21H,1-4,9-11H2,(H2,17,19)(H,18,20). The molecule has 4 N–H and O–H groups in total. The van der Waals surface area contributed by atoms with E-state index in [1.54, 1.807) is 12.1 Å². The number of primary amides is 1. The minimum Gasteiger partial charge on any atom is -0.388 e. The molecule has 0 unspecified atom stereocenters. The highest BCUT2D eigenvalue weighted by Gasteiger charge is 2.28. The van der Waals surface area contributed by atoms with Crippen molar-refractivity contribution in [2.24, 2.45) is 5.73 Å². The molecule has 1 fully saturated rings. The monoisotopic (exact) mass is 290 g/mol. The van der Waals surface area contributed by atoms with Gasteiger partial charge in [0.2, 0.25) is 5.91 Å². The molecular weight excluding hydrogens is 268 g/mol. The summed E-state index contributed by atoms with van der Waals surface area (Å²) in [5, 5.41) is 13.3. The second-order valence-electron chi connectivity index (χ2n) is 5.76. The van der Waals surface area contributed by atoms with Gasteiger partial charge in [-0.25, -0.2) is 0 Å². The molecule has 0 aromatic heterocycles. The lowest BCUT2D eigenvalue weighted by Crippen LogP contribution is -2.42. The first-order valence-electron chi connectivity index (χ1n) is 7.41. The zero-order chi connectivity index (χ0) is 15.3. The maximum atomic E-state index is 12.1. The summed E-state index contributed by atoms with van der Waals surface area (Å²) in [7, 11) is 0. The van der Waals surface area contributed by atoms with Crippen LogP contribution < -0.4 is 11.1 Å². The van der Waals surface area contributed by atoms with Crippen molar-refractivity contribution in [1.82, 2.24) is 5.32 Å². The average Bonchev–Trinajstić information content (AvgIpc) is 2.70. The Kier molecular flexibility index (Phi) is 4.96. The quantitative estimate of drug-likeness (QED) is 0.735. The first-order chi connectivity index (χ1) is 10.0. The highest BCUT2D eigenvalue weighted by molar-refractivity contribution is 5.97. The number of nitrogens with two attached hydrogens (primary N) is 1. The minimum absolute atomic E-state index is 0.247. The number of amides is 2. The van der Waals surface area contributed by atoms with Gasteiger partial charge in [-0.15, -0.1) is 0 Å². The van der Waals surface area contributed by atoms with Gasteiger partial charge in [-0.2, -0.15) is 0 Å². The summed E-state index contributed by atoms with van der Waals surface area (Å²) in [4.78, 5) is 23.0. The lowest BCUT2D eigenvalue weighted by Gasteiger charge is -2.26. The van der Waals surface area contributed by atoms with Crippen molar-refractivity contribution >= 4 is 11.8 Å². The summed E-state index contributed by atoms with van der Waals surface area (Å²) >= 11 is 0. The molecule has 0 radical (unpaired) electrons. The number of nitrogens with one attached hydrogen (secondary N) is 1. The van der Waals surface area contributed by atoms with Gasteiger partial charge in [-0.3, -0.25) is 9.59 Å². The van der Waals surface area contributed by atoms with Gasteiger partial charge in [0.15, 0.2) is 0 Å². The molecule has 1 aromatic carbocycles. The molecule has 1 saturated carbocycles. The van der Waals surface area contributed by atoms with Crippen LogP contribution in [0.1, 0.15) is 59.2 Å². The molecule has 5 nitrogen and oxygen atoms in total. The van der Waals surface area contributed by atoms with Crippen LogP contribution in [0.25, 0.3) is 0 Å². The molecule has 0 spiro atoms. The smallest absolute Gasteiger partial charge is 0.251 e. The summed E-state index contributed by atoms with van der Waals surface area (Å²) in [5.41, 5.74) is 5.19. The zero-order valence-corrected chi connectivity index (χ0v) is 12.1. The molecule has 0 aliphatic heterocycles.